The first kappa shape index (κ1) is 18.7. The van der Waals surface area contributed by atoms with Gasteiger partial charge < -0.3 is 9.84 Å². The molecule has 0 aromatic heterocycles. The Labute approximate surface area is 122 Å². The summed E-state index contributed by atoms with van der Waals surface area (Å²) in [5, 5.41) is 7.42. The number of rotatable bonds is 3. The number of hydrogen-bond acceptors (Lipinski definition) is 3. The molecule has 1 rings (SSSR count). The monoisotopic (exact) mass is 284 g/mol. The summed E-state index contributed by atoms with van der Waals surface area (Å²) < 4.78 is 5.37. The molecule has 4 nitrogen and oxygen atoms in total. The summed E-state index contributed by atoms with van der Waals surface area (Å²) >= 11 is 0. The average molecular weight is 284 g/mol. The van der Waals surface area contributed by atoms with E-state index in [-0.39, 0.29) is 12.1 Å². The van der Waals surface area contributed by atoms with Crippen LogP contribution in [-0.2, 0) is 14.3 Å². The van der Waals surface area contributed by atoms with Gasteiger partial charge in [0, 0.05) is 13.8 Å². The van der Waals surface area contributed by atoms with Crippen molar-refractivity contribution in [2.24, 2.45) is 11.3 Å². The standard InChI is InChI=1S/C14H24O2.C2H4O2/c1-6-14(4,5)12-8-7-10(2)13(9-12)16-11(3)15;1-2(3)4/h7,12-13H,6,8-9H2,1-5H3;1H3,(H,3,4). The van der Waals surface area contributed by atoms with Gasteiger partial charge >= 0.3 is 5.97 Å². The highest BCUT2D eigenvalue weighted by molar-refractivity contribution is 5.66. The van der Waals surface area contributed by atoms with Crippen LogP contribution in [0.2, 0.25) is 0 Å². The number of esters is 1. The average Bonchev–Trinajstić information content (AvgIpc) is 2.30. The van der Waals surface area contributed by atoms with E-state index in [1.54, 1.807) is 0 Å². The molecule has 0 amide bonds. The maximum absolute atomic E-state index is 11.0. The maximum atomic E-state index is 11.0. The summed E-state index contributed by atoms with van der Waals surface area (Å²) in [6.45, 7) is 11.5. The van der Waals surface area contributed by atoms with Crippen molar-refractivity contribution >= 4 is 11.9 Å². The Morgan fingerprint density at radius 1 is 1.40 bits per heavy atom. The molecule has 0 fully saturated rings. The number of carbonyl (C=O) groups excluding carboxylic acids is 1. The van der Waals surface area contributed by atoms with Crippen molar-refractivity contribution < 1.29 is 19.4 Å². The minimum atomic E-state index is -0.833. The van der Waals surface area contributed by atoms with Gasteiger partial charge in [-0.25, -0.2) is 0 Å². The lowest BCUT2D eigenvalue weighted by atomic mass is 9.69. The number of carboxylic acids is 1. The molecule has 0 aromatic carbocycles. The van der Waals surface area contributed by atoms with Crippen LogP contribution in [0.4, 0.5) is 0 Å². The Hall–Kier alpha value is -1.32. The fraction of sp³-hybridized carbons (Fsp3) is 0.750. The molecule has 0 saturated heterocycles. The first-order valence-corrected chi connectivity index (χ1v) is 7.13. The van der Waals surface area contributed by atoms with E-state index in [2.05, 4.69) is 33.8 Å². The molecular weight excluding hydrogens is 256 g/mol. The lowest BCUT2D eigenvalue weighted by Crippen LogP contribution is -2.32. The number of aliphatic carboxylic acids is 1. The van der Waals surface area contributed by atoms with Gasteiger partial charge in [0.05, 0.1) is 0 Å². The smallest absolute Gasteiger partial charge is 0.303 e. The van der Waals surface area contributed by atoms with Crippen LogP contribution in [0, 0.1) is 11.3 Å². The van der Waals surface area contributed by atoms with Gasteiger partial charge in [-0.15, -0.1) is 0 Å². The second-order valence-electron chi connectivity index (χ2n) is 6.08. The highest BCUT2D eigenvalue weighted by Crippen LogP contribution is 2.40. The molecule has 1 aliphatic carbocycles. The van der Waals surface area contributed by atoms with Crippen LogP contribution in [0.25, 0.3) is 0 Å². The number of carboxylic acid groups (broad SMARTS) is 1. The fourth-order valence-corrected chi connectivity index (χ4v) is 2.27. The Morgan fingerprint density at radius 2 is 1.90 bits per heavy atom. The molecule has 1 N–H and O–H groups in total. The molecule has 2 unspecified atom stereocenters. The van der Waals surface area contributed by atoms with Gasteiger partial charge in [-0.1, -0.05) is 33.3 Å². The highest BCUT2D eigenvalue weighted by Gasteiger charge is 2.33. The zero-order chi connectivity index (χ0) is 15.9. The molecular formula is C16H28O4. The molecule has 0 aromatic rings. The van der Waals surface area contributed by atoms with Crippen LogP contribution < -0.4 is 0 Å². The van der Waals surface area contributed by atoms with Crippen molar-refractivity contribution in [2.45, 2.75) is 66.9 Å². The van der Waals surface area contributed by atoms with Crippen molar-refractivity contribution in [3.05, 3.63) is 11.6 Å². The zero-order valence-electron chi connectivity index (χ0n) is 13.5. The van der Waals surface area contributed by atoms with E-state index in [1.165, 1.54) is 12.5 Å². The predicted octanol–water partition coefficient (Wildman–Crippen LogP) is 3.80. The van der Waals surface area contributed by atoms with Crippen molar-refractivity contribution in [2.75, 3.05) is 0 Å². The van der Waals surface area contributed by atoms with Crippen molar-refractivity contribution in [3.63, 3.8) is 0 Å². The number of hydrogen-bond donors (Lipinski definition) is 1. The normalized spacial score (nSPS) is 22.2. The Balaban J connectivity index is 0.000000796. The van der Waals surface area contributed by atoms with Gasteiger partial charge in [0.25, 0.3) is 5.97 Å². The van der Waals surface area contributed by atoms with Crippen molar-refractivity contribution in [1.29, 1.82) is 0 Å². The molecule has 2 atom stereocenters. The molecule has 0 aliphatic heterocycles. The van der Waals surface area contributed by atoms with Crippen molar-refractivity contribution in [1.82, 2.24) is 0 Å². The SMILES string of the molecule is CC(=O)O.CCC(C)(C)C1CC=C(C)C(OC(C)=O)C1. The Morgan fingerprint density at radius 3 is 2.30 bits per heavy atom. The predicted molar refractivity (Wildman–Crippen MR) is 79.4 cm³/mol. The molecule has 20 heavy (non-hydrogen) atoms. The summed E-state index contributed by atoms with van der Waals surface area (Å²) in [6, 6.07) is 0. The molecule has 0 heterocycles. The van der Waals surface area contributed by atoms with Crippen LogP contribution in [-0.4, -0.2) is 23.1 Å². The fourth-order valence-electron chi connectivity index (χ4n) is 2.27. The second kappa shape index (κ2) is 8.08. The molecule has 0 bridgehead atoms. The van der Waals surface area contributed by atoms with E-state index in [0.29, 0.717) is 11.3 Å². The quantitative estimate of drug-likeness (QED) is 0.632. The van der Waals surface area contributed by atoms with Crippen LogP contribution in [0.5, 0.6) is 0 Å². The molecule has 0 saturated carbocycles. The third-order valence-corrected chi connectivity index (χ3v) is 4.06. The van der Waals surface area contributed by atoms with Gasteiger partial charge in [-0.2, -0.15) is 0 Å². The van der Waals surface area contributed by atoms with Gasteiger partial charge in [0.2, 0.25) is 0 Å². The molecule has 116 valence electrons. The van der Waals surface area contributed by atoms with Crippen LogP contribution in [0.3, 0.4) is 0 Å². The largest absolute Gasteiger partial charge is 0.481 e. The third kappa shape index (κ3) is 6.73. The van der Waals surface area contributed by atoms with E-state index in [4.69, 9.17) is 14.6 Å². The zero-order valence-corrected chi connectivity index (χ0v) is 13.5. The van der Waals surface area contributed by atoms with Crippen LogP contribution >= 0.6 is 0 Å². The van der Waals surface area contributed by atoms with E-state index in [1.807, 2.05) is 0 Å². The first-order valence-electron chi connectivity index (χ1n) is 7.13. The second-order valence-corrected chi connectivity index (χ2v) is 6.08. The number of ether oxygens (including phenoxy) is 1. The van der Waals surface area contributed by atoms with E-state index < -0.39 is 5.97 Å². The maximum Gasteiger partial charge on any atom is 0.303 e. The highest BCUT2D eigenvalue weighted by atomic mass is 16.5. The van der Waals surface area contributed by atoms with Gasteiger partial charge in [-0.3, -0.25) is 9.59 Å². The summed E-state index contributed by atoms with van der Waals surface area (Å²) in [4.78, 5) is 20.0. The third-order valence-electron chi connectivity index (χ3n) is 4.06. The van der Waals surface area contributed by atoms with E-state index in [0.717, 1.165) is 26.2 Å². The van der Waals surface area contributed by atoms with Crippen LogP contribution in [0.15, 0.2) is 11.6 Å². The number of carbonyl (C=O) groups is 2. The minimum absolute atomic E-state index is 0.00192. The van der Waals surface area contributed by atoms with Gasteiger partial charge in [0.1, 0.15) is 6.10 Å². The van der Waals surface area contributed by atoms with Crippen molar-refractivity contribution in [3.8, 4) is 0 Å². The Kier molecular flexibility index (Phi) is 7.54. The first-order chi connectivity index (χ1) is 9.10. The molecule has 0 radical (unpaired) electrons. The minimum Gasteiger partial charge on any atom is -0.481 e. The molecule has 4 heteroatoms. The van der Waals surface area contributed by atoms with Gasteiger partial charge in [0.15, 0.2) is 0 Å². The Bertz CT molecular complexity index is 365. The molecule has 0 spiro atoms. The lowest BCUT2D eigenvalue weighted by molar-refractivity contribution is -0.146. The summed E-state index contributed by atoms with van der Waals surface area (Å²) in [5.41, 5.74) is 1.54. The summed E-state index contributed by atoms with van der Waals surface area (Å²) in [6.07, 6.45) is 5.49. The lowest BCUT2D eigenvalue weighted by Gasteiger charge is -2.38. The van der Waals surface area contributed by atoms with E-state index in [9.17, 15) is 4.79 Å². The summed E-state index contributed by atoms with van der Waals surface area (Å²) in [5.74, 6) is -0.391. The van der Waals surface area contributed by atoms with Gasteiger partial charge in [-0.05, 0) is 36.7 Å². The number of allylic oxidation sites excluding steroid dienone is 1. The van der Waals surface area contributed by atoms with Crippen LogP contribution in [0.1, 0.15) is 60.8 Å². The topological polar surface area (TPSA) is 63.6 Å². The molecule has 1 aliphatic rings. The van der Waals surface area contributed by atoms with E-state index >= 15 is 0 Å². The summed E-state index contributed by atoms with van der Waals surface area (Å²) in [7, 11) is 0.